The molecule has 6 rings (SSSR count). The molecule has 0 radical (unpaired) electrons. The van der Waals surface area contributed by atoms with E-state index in [1.807, 2.05) is 12.1 Å². The number of likely N-dealkylation sites (N-methyl/N-ethyl adjacent to an activating group) is 1. The minimum atomic E-state index is -0.994. The van der Waals surface area contributed by atoms with Gasteiger partial charge < -0.3 is 20.3 Å². The van der Waals surface area contributed by atoms with Gasteiger partial charge in [0.05, 0.1) is 11.4 Å². The fraction of sp³-hybridized carbons (Fsp3) is 0.360. The summed E-state index contributed by atoms with van der Waals surface area (Å²) in [6.45, 7) is 5.22. The largest absolute Gasteiger partial charge is 0.474 e. The highest BCUT2D eigenvalue weighted by Crippen LogP contribution is 2.37. The second-order valence-corrected chi connectivity index (χ2v) is 9.83. The smallest absolute Gasteiger partial charge is 0.269 e. The second kappa shape index (κ2) is 7.88. The van der Waals surface area contributed by atoms with Crippen LogP contribution in [-0.2, 0) is 4.79 Å². The maximum Gasteiger partial charge on any atom is 0.269 e. The van der Waals surface area contributed by atoms with Crippen LogP contribution in [0.5, 0.6) is 5.75 Å². The van der Waals surface area contributed by atoms with Gasteiger partial charge in [-0.25, -0.2) is 19.3 Å². The van der Waals surface area contributed by atoms with E-state index in [4.69, 9.17) is 4.74 Å². The summed E-state index contributed by atoms with van der Waals surface area (Å²) >= 11 is 0. The molecule has 3 aromatic rings. The monoisotopic (exact) mass is 475 g/mol. The van der Waals surface area contributed by atoms with Crippen molar-refractivity contribution in [3.8, 4) is 17.0 Å². The molecule has 10 heteroatoms. The van der Waals surface area contributed by atoms with Crippen LogP contribution in [0.1, 0.15) is 20.3 Å². The fourth-order valence-electron chi connectivity index (χ4n) is 5.02. The maximum absolute atomic E-state index is 15.0. The summed E-state index contributed by atoms with van der Waals surface area (Å²) in [7, 11) is 2.13. The van der Waals surface area contributed by atoms with Crippen molar-refractivity contribution in [2.75, 3.05) is 35.7 Å². The number of ether oxygens (including phenoxy) is 1. The van der Waals surface area contributed by atoms with E-state index in [1.165, 1.54) is 6.07 Å². The lowest BCUT2D eigenvalue weighted by Crippen LogP contribution is -2.45. The van der Waals surface area contributed by atoms with Crippen molar-refractivity contribution in [1.82, 2.24) is 19.9 Å². The number of carbonyl (C=O) groups excluding carboxylic acids is 1. The molecule has 1 amide bonds. The Morgan fingerprint density at radius 1 is 1.17 bits per heavy atom. The first-order valence-corrected chi connectivity index (χ1v) is 11.6. The SMILES string of the molecule is CN1C[C@@H]2C[C@H]1CN2c1ccc(Nc2nccc(-c3cnc4c(c3)OC(C)(C)C(=O)N4)n2)cc1F. The van der Waals surface area contributed by atoms with Crippen LogP contribution in [0.4, 0.5) is 27.5 Å². The van der Waals surface area contributed by atoms with E-state index >= 15 is 4.39 Å². The van der Waals surface area contributed by atoms with Crippen LogP contribution in [0.3, 0.4) is 0 Å². The Labute approximate surface area is 202 Å². The number of likely N-dealkylation sites (tertiary alicyclic amines) is 1. The number of hydrogen-bond donors (Lipinski definition) is 2. The van der Waals surface area contributed by atoms with Crippen molar-refractivity contribution in [3.05, 3.63) is 48.5 Å². The van der Waals surface area contributed by atoms with Crippen molar-refractivity contribution in [2.24, 2.45) is 0 Å². The molecule has 0 saturated carbocycles. The zero-order valence-electron chi connectivity index (χ0n) is 19.7. The highest BCUT2D eigenvalue weighted by Gasteiger charge is 2.42. The molecule has 180 valence electrons. The second-order valence-electron chi connectivity index (χ2n) is 9.83. The summed E-state index contributed by atoms with van der Waals surface area (Å²) in [6.07, 6.45) is 4.32. The molecule has 5 heterocycles. The van der Waals surface area contributed by atoms with Gasteiger partial charge >= 0.3 is 0 Å². The molecular weight excluding hydrogens is 449 g/mol. The quantitative estimate of drug-likeness (QED) is 0.593. The molecule has 0 spiro atoms. The van der Waals surface area contributed by atoms with Gasteiger partial charge in [0.2, 0.25) is 5.95 Å². The zero-order chi connectivity index (χ0) is 24.3. The van der Waals surface area contributed by atoms with Crippen molar-refractivity contribution >= 4 is 29.0 Å². The van der Waals surface area contributed by atoms with Gasteiger partial charge in [-0.3, -0.25) is 9.69 Å². The summed E-state index contributed by atoms with van der Waals surface area (Å²) in [4.78, 5) is 29.8. The van der Waals surface area contributed by atoms with Crippen molar-refractivity contribution in [2.45, 2.75) is 38.0 Å². The van der Waals surface area contributed by atoms with Crippen molar-refractivity contribution in [3.63, 3.8) is 0 Å². The molecule has 9 nitrogen and oxygen atoms in total. The third-order valence-corrected chi connectivity index (χ3v) is 6.98. The van der Waals surface area contributed by atoms with E-state index < -0.39 is 5.60 Å². The number of halogens is 1. The number of benzene rings is 1. The Morgan fingerprint density at radius 2 is 2.03 bits per heavy atom. The van der Waals surface area contributed by atoms with Gasteiger partial charge in [-0.05, 0) is 57.6 Å². The van der Waals surface area contributed by atoms with E-state index in [9.17, 15) is 4.79 Å². The summed E-state index contributed by atoms with van der Waals surface area (Å²) in [6, 6.07) is 9.56. The number of carbonyl (C=O) groups is 1. The maximum atomic E-state index is 15.0. The lowest BCUT2D eigenvalue weighted by molar-refractivity contribution is -0.129. The summed E-state index contributed by atoms with van der Waals surface area (Å²) < 4.78 is 20.9. The standard InChI is InChI=1S/C25H26FN7O2/c1-25(2)23(34)31-22-21(35-25)8-14(11-28-22)19-6-7-27-24(30-19)29-15-4-5-20(18(26)9-15)33-13-16-10-17(33)12-32(16)3/h4-9,11,16-17H,10,12-13H2,1-3H3,(H,27,29,30)(H,28,31,34)/t16-,17-/m0/s1. The predicted molar refractivity (Wildman–Crippen MR) is 130 cm³/mol. The predicted octanol–water partition coefficient (Wildman–Crippen LogP) is 3.42. The summed E-state index contributed by atoms with van der Waals surface area (Å²) in [5, 5.41) is 5.85. The number of fused-ring (bicyclic) bond motifs is 3. The molecule has 2 aromatic heterocycles. The number of hydrogen-bond acceptors (Lipinski definition) is 8. The molecule has 2 N–H and O–H groups in total. The Morgan fingerprint density at radius 3 is 2.77 bits per heavy atom. The van der Waals surface area contributed by atoms with Gasteiger partial charge in [-0.15, -0.1) is 0 Å². The zero-order valence-corrected chi connectivity index (χ0v) is 19.7. The van der Waals surface area contributed by atoms with E-state index in [-0.39, 0.29) is 11.7 Å². The van der Waals surface area contributed by atoms with Gasteiger partial charge in [-0.1, -0.05) is 0 Å². The summed E-state index contributed by atoms with van der Waals surface area (Å²) in [5.41, 5.74) is 1.54. The van der Waals surface area contributed by atoms with Gasteiger partial charge in [0, 0.05) is 48.8 Å². The molecule has 2 saturated heterocycles. The molecule has 2 bridgehead atoms. The van der Waals surface area contributed by atoms with Crippen LogP contribution in [0.2, 0.25) is 0 Å². The van der Waals surface area contributed by atoms with Crippen LogP contribution < -0.4 is 20.3 Å². The first-order valence-electron chi connectivity index (χ1n) is 11.6. The Balaban J connectivity index is 1.21. The third kappa shape index (κ3) is 3.83. The molecule has 1 aromatic carbocycles. The number of piperazine rings is 1. The minimum Gasteiger partial charge on any atom is -0.474 e. The normalized spacial score (nSPS) is 22.5. The van der Waals surface area contributed by atoms with Crippen molar-refractivity contribution < 1.29 is 13.9 Å². The molecule has 0 aliphatic carbocycles. The Hall–Kier alpha value is -3.79. The Kier molecular flexibility index (Phi) is 4.89. The number of amides is 1. The Bertz CT molecular complexity index is 1330. The number of anilines is 4. The molecule has 2 atom stereocenters. The van der Waals surface area contributed by atoms with Crippen LogP contribution in [0.15, 0.2) is 42.7 Å². The average molecular weight is 476 g/mol. The van der Waals surface area contributed by atoms with Gasteiger partial charge in [-0.2, -0.15) is 0 Å². The summed E-state index contributed by atoms with van der Waals surface area (Å²) in [5.74, 6) is 0.672. The van der Waals surface area contributed by atoms with E-state index in [0.29, 0.717) is 52.2 Å². The van der Waals surface area contributed by atoms with E-state index in [2.05, 4.69) is 42.4 Å². The number of rotatable bonds is 4. The highest BCUT2D eigenvalue weighted by atomic mass is 19.1. The van der Waals surface area contributed by atoms with E-state index in [1.54, 1.807) is 38.4 Å². The highest BCUT2D eigenvalue weighted by molar-refractivity contribution is 5.99. The first-order chi connectivity index (χ1) is 16.8. The lowest BCUT2D eigenvalue weighted by atomic mass is 10.1. The number of nitrogens with one attached hydrogen (secondary N) is 2. The van der Waals surface area contributed by atoms with Crippen LogP contribution >= 0.6 is 0 Å². The first kappa shape index (κ1) is 21.7. The number of pyridine rings is 1. The topological polar surface area (TPSA) is 95.5 Å². The van der Waals surface area contributed by atoms with Crippen LogP contribution in [-0.4, -0.2) is 63.6 Å². The average Bonchev–Trinajstić information content (AvgIpc) is 3.39. The minimum absolute atomic E-state index is 0.249. The molecular formula is C25H26FN7O2. The molecule has 0 unspecified atom stereocenters. The molecule has 35 heavy (non-hydrogen) atoms. The fourth-order valence-corrected chi connectivity index (χ4v) is 5.02. The third-order valence-electron chi connectivity index (χ3n) is 6.98. The molecule has 3 aliphatic rings. The van der Waals surface area contributed by atoms with Crippen LogP contribution in [0, 0.1) is 5.82 Å². The molecule has 2 fully saturated rings. The van der Waals surface area contributed by atoms with Gasteiger partial charge in [0.15, 0.2) is 17.2 Å². The van der Waals surface area contributed by atoms with Crippen LogP contribution in [0.25, 0.3) is 11.3 Å². The number of nitrogens with zero attached hydrogens (tertiary/aromatic N) is 5. The van der Waals surface area contributed by atoms with Crippen molar-refractivity contribution in [1.29, 1.82) is 0 Å². The van der Waals surface area contributed by atoms with Gasteiger partial charge in [0.1, 0.15) is 5.82 Å². The molecule has 3 aliphatic heterocycles. The lowest BCUT2D eigenvalue weighted by Gasteiger charge is -2.33. The van der Waals surface area contributed by atoms with E-state index in [0.717, 1.165) is 19.5 Å². The van der Waals surface area contributed by atoms with Gasteiger partial charge in [0.25, 0.3) is 5.91 Å². The number of aromatic nitrogens is 3.